The monoisotopic (exact) mass is 229 g/mol. The minimum Gasteiger partial charge on any atom is -0.490 e. The van der Waals surface area contributed by atoms with E-state index in [0.29, 0.717) is 11.3 Å². The Morgan fingerprint density at radius 2 is 1.82 bits per heavy atom. The van der Waals surface area contributed by atoms with Crippen LogP contribution >= 0.6 is 0 Å². The largest absolute Gasteiger partial charge is 0.490 e. The second-order valence-electron chi connectivity index (χ2n) is 3.41. The Labute approximate surface area is 95.2 Å². The first-order valence-corrected chi connectivity index (χ1v) is 4.84. The minimum absolute atomic E-state index is 0.148. The molecule has 0 fully saturated rings. The van der Waals surface area contributed by atoms with Gasteiger partial charge in [-0.3, -0.25) is 4.98 Å². The smallest absolute Gasteiger partial charge is 0.318 e. The highest BCUT2D eigenvalue weighted by Gasteiger charge is 2.13. The molecular weight excluding hydrogens is 222 g/mol. The highest BCUT2D eigenvalue weighted by Crippen LogP contribution is 2.31. The highest BCUT2D eigenvalue weighted by atomic mass is 16.4. The Balaban J connectivity index is 2.24. The number of aromatic hydroxyl groups is 2. The second kappa shape index (κ2) is 3.44. The van der Waals surface area contributed by atoms with Crippen LogP contribution in [0.2, 0.25) is 0 Å². The maximum Gasteiger partial charge on any atom is 0.318 e. The molecule has 84 valence electrons. The third kappa shape index (κ3) is 1.55. The van der Waals surface area contributed by atoms with E-state index in [0.717, 1.165) is 5.56 Å². The third-order valence-corrected chi connectivity index (χ3v) is 2.31. The van der Waals surface area contributed by atoms with Gasteiger partial charge < -0.3 is 14.6 Å². The standard InChI is InChI=1S/C11H7N3O3/c15-10-9-7(13-11(16)14-10)5-8(17-9)6-1-3-12-4-2-6/h1-5H,(H2,13,14,15,16). The lowest BCUT2D eigenvalue weighted by molar-refractivity contribution is 0.397. The van der Waals surface area contributed by atoms with E-state index < -0.39 is 6.01 Å². The average Bonchev–Trinajstić information content (AvgIpc) is 2.74. The maximum absolute atomic E-state index is 9.50. The van der Waals surface area contributed by atoms with Gasteiger partial charge in [-0.05, 0) is 12.1 Å². The predicted octanol–water partition coefficient (Wildman–Crippen LogP) is 1.70. The Hall–Kier alpha value is -2.63. The van der Waals surface area contributed by atoms with E-state index in [1.54, 1.807) is 30.6 Å². The summed E-state index contributed by atoms with van der Waals surface area (Å²) in [4.78, 5) is 11.1. The molecule has 0 aliphatic carbocycles. The van der Waals surface area contributed by atoms with Crippen molar-refractivity contribution in [1.29, 1.82) is 0 Å². The molecule has 6 heteroatoms. The van der Waals surface area contributed by atoms with Crippen LogP contribution < -0.4 is 0 Å². The summed E-state index contributed by atoms with van der Waals surface area (Å²) in [6.45, 7) is 0. The highest BCUT2D eigenvalue weighted by molar-refractivity contribution is 5.82. The van der Waals surface area contributed by atoms with E-state index in [-0.39, 0.29) is 11.5 Å². The van der Waals surface area contributed by atoms with Crippen molar-refractivity contribution in [3.8, 4) is 23.2 Å². The zero-order valence-electron chi connectivity index (χ0n) is 8.53. The van der Waals surface area contributed by atoms with Gasteiger partial charge in [0.1, 0.15) is 11.3 Å². The van der Waals surface area contributed by atoms with Crippen LogP contribution in [0.3, 0.4) is 0 Å². The molecule has 0 bridgehead atoms. The first kappa shape index (κ1) is 9.59. The summed E-state index contributed by atoms with van der Waals surface area (Å²) < 4.78 is 5.43. The van der Waals surface area contributed by atoms with Crippen LogP contribution in [0.25, 0.3) is 22.4 Å². The maximum atomic E-state index is 9.50. The lowest BCUT2D eigenvalue weighted by Gasteiger charge is -1.94. The van der Waals surface area contributed by atoms with E-state index in [9.17, 15) is 5.11 Å². The molecule has 0 aliphatic rings. The van der Waals surface area contributed by atoms with Crippen molar-refractivity contribution in [2.75, 3.05) is 0 Å². The molecule has 0 saturated heterocycles. The van der Waals surface area contributed by atoms with Crippen LogP contribution in [0.1, 0.15) is 0 Å². The van der Waals surface area contributed by atoms with E-state index in [4.69, 9.17) is 9.52 Å². The molecular formula is C11H7N3O3. The molecule has 0 saturated carbocycles. The van der Waals surface area contributed by atoms with Crippen molar-refractivity contribution >= 4 is 11.1 Å². The van der Waals surface area contributed by atoms with Crippen LogP contribution in [0, 0.1) is 0 Å². The van der Waals surface area contributed by atoms with Crippen LogP contribution in [0.5, 0.6) is 11.9 Å². The van der Waals surface area contributed by atoms with E-state index in [1.807, 2.05) is 0 Å². The molecule has 3 aromatic heterocycles. The van der Waals surface area contributed by atoms with Crippen molar-refractivity contribution in [3.63, 3.8) is 0 Å². The molecule has 0 amide bonds. The first-order valence-electron chi connectivity index (χ1n) is 4.84. The minimum atomic E-state index is -0.489. The zero-order chi connectivity index (χ0) is 11.8. The number of pyridine rings is 1. The summed E-state index contributed by atoms with van der Waals surface area (Å²) >= 11 is 0. The van der Waals surface area contributed by atoms with Gasteiger partial charge >= 0.3 is 6.01 Å². The molecule has 3 heterocycles. The molecule has 2 N–H and O–H groups in total. The number of fused-ring (bicyclic) bond motifs is 1. The van der Waals surface area contributed by atoms with Gasteiger partial charge in [-0.1, -0.05) is 0 Å². The lowest BCUT2D eigenvalue weighted by atomic mass is 10.2. The van der Waals surface area contributed by atoms with Gasteiger partial charge in [0.05, 0.1) is 0 Å². The summed E-state index contributed by atoms with van der Waals surface area (Å²) in [5.41, 5.74) is 1.30. The van der Waals surface area contributed by atoms with Gasteiger partial charge in [0, 0.05) is 24.0 Å². The summed E-state index contributed by atoms with van der Waals surface area (Å²) in [6.07, 6.45) is 3.26. The Morgan fingerprint density at radius 3 is 2.59 bits per heavy atom. The number of hydrogen-bond acceptors (Lipinski definition) is 6. The van der Waals surface area contributed by atoms with Gasteiger partial charge in [0.2, 0.25) is 5.58 Å². The first-order chi connectivity index (χ1) is 8.24. The van der Waals surface area contributed by atoms with Crippen LogP contribution in [-0.2, 0) is 0 Å². The number of hydrogen-bond donors (Lipinski definition) is 2. The van der Waals surface area contributed by atoms with E-state index in [1.165, 1.54) is 0 Å². The lowest BCUT2D eigenvalue weighted by Crippen LogP contribution is -1.80. The normalized spacial score (nSPS) is 10.8. The summed E-state index contributed by atoms with van der Waals surface area (Å²) in [5, 5.41) is 18.7. The number of aromatic nitrogens is 3. The molecule has 0 atom stereocenters. The van der Waals surface area contributed by atoms with Crippen LogP contribution in [0.15, 0.2) is 35.0 Å². The van der Waals surface area contributed by atoms with Crippen molar-refractivity contribution < 1.29 is 14.6 Å². The molecule has 0 spiro atoms. The topological polar surface area (TPSA) is 92.3 Å². The summed E-state index contributed by atoms with van der Waals surface area (Å²) in [7, 11) is 0. The van der Waals surface area contributed by atoms with Gasteiger partial charge in [-0.2, -0.15) is 9.97 Å². The van der Waals surface area contributed by atoms with Crippen molar-refractivity contribution in [1.82, 2.24) is 15.0 Å². The number of rotatable bonds is 1. The fourth-order valence-electron chi connectivity index (χ4n) is 1.56. The molecule has 17 heavy (non-hydrogen) atoms. The van der Waals surface area contributed by atoms with Gasteiger partial charge in [-0.25, -0.2) is 0 Å². The SMILES string of the molecule is Oc1nc(O)c2oc(-c3ccncc3)cc2n1. The van der Waals surface area contributed by atoms with Crippen molar-refractivity contribution in [2.24, 2.45) is 0 Å². The van der Waals surface area contributed by atoms with E-state index in [2.05, 4.69) is 15.0 Å². The Kier molecular flexibility index (Phi) is 1.94. The fourth-order valence-corrected chi connectivity index (χ4v) is 1.56. The number of furan rings is 1. The van der Waals surface area contributed by atoms with Crippen LogP contribution in [-0.4, -0.2) is 25.2 Å². The number of nitrogens with zero attached hydrogens (tertiary/aromatic N) is 3. The molecule has 0 aliphatic heterocycles. The molecule has 0 aromatic carbocycles. The van der Waals surface area contributed by atoms with E-state index >= 15 is 0 Å². The van der Waals surface area contributed by atoms with Gasteiger partial charge in [-0.15, -0.1) is 0 Å². The molecule has 0 radical (unpaired) electrons. The summed E-state index contributed by atoms with van der Waals surface area (Å²) in [6, 6.07) is 4.66. The van der Waals surface area contributed by atoms with Gasteiger partial charge in [0.25, 0.3) is 5.88 Å². The Morgan fingerprint density at radius 1 is 1.06 bits per heavy atom. The predicted molar refractivity (Wildman–Crippen MR) is 58.4 cm³/mol. The third-order valence-electron chi connectivity index (χ3n) is 2.31. The van der Waals surface area contributed by atoms with Crippen molar-refractivity contribution in [2.45, 2.75) is 0 Å². The molecule has 0 unspecified atom stereocenters. The quantitative estimate of drug-likeness (QED) is 0.659. The van der Waals surface area contributed by atoms with Crippen LogP contribution in [0.4, 0.5) is 0 Å². The summed E-state index contributed by atoms with van der Waals surface area (Å²) in [5.74, 6) is 0.144. The van der Waals surface area contributed by atoms with Gasteiger partial charge in [0.15, 0.2) is 0 Å². The zero-order valence-corrected chi connectivity index (χ0v) is 8.53. The fraction of sp³-hybridized carbons (Fsp3) is 0. The molecule has 6 nitrogen and oxygen atoms in total. The second-order valence-corrected chi connectivity index (χ2v) is 3.41. The van der Waals surface area contributed by atoms with Crippen molar-refractivity contribution in [3.05, 3.63) is 30.6 Å². The average molecular weight is 229 g/mol. The Bertz CT molecular complexity index is 679. The molecule has 3 rings (SSSR count). The molecule has 3 aromatic rings.